The van der Waals surface area contributed by atoms with Gasteiger partial charge in [0, 0.05) is 12.5 Å². The van der Waals surface area contributed by atoms with Gasteiger partial charge in [0.15, 0.2) is 0 Å². The van der Waals surface area contributed by atoms with Gasteiger partial charge in [0.2, 0.25) is 0 Å². The molecule has 0 fully saturated rings. The monoisotopic (exact) mass is 167 g/mol. The molecule has 0 aliphatic rings. The van der Waals surface area contributed by atoms with Crippen LogP contribution < -0.4 is 5.32 Å². The lowest BCUT2D eigenvalue weighted by molar-refractivity contribution is -0.120. The van der Waals surface area contributed by atoms with Crippen LogP contribution >= 0.6 is 0 Å². The highest BCUT2D eigenvalue weighted by Gasteiger charge is 2.39. The van der Waals surface area contributed by atoms with E-state index in [2.05, 4.69) is 5.32 Å². The summed E-state index contributed by atoms with van der Waals surface area (Å²) in [7, 11) is 1.54. The van der Waals surface area contributed by atoms with Crippen molar-refractivity contribution in [2.24, 2.45) is 0 Å². The number of hydrogen-bond acceptors (Lipinski definition) is 2. The van der Waals surface area contributed by atoms with Crippen LogP contribution in [-0.4, -0.2) is 30.2 Å². The average molecular weight is 167 g/mol. The molecule has 0 saturated carbocycles. The zero-order chi connectivity index (χ0) is 9.07. The van der Waals surface area contributed by atoms with Gasteiger partial charge in [-0.2, -0.15) is 0 Å². The molecule has 68 valence electrons. The number of aliphatic hydroxyl groups is 1. The molecule has 11 heavy (non-hydrogen) atoms. The van der Waals surface area contributed by atoms with Crippen molar-refractivity contribution in [1.82, 2.24) is 5.32 Å². The summed E-state index contributed by atoms with van der Waals surface area (Å²) in [6.45, 7) is 2.87. The summed E-state index contributed by atoms with van der Waals surface area (Å²) in [4.78, 5) is 0. The third-order valence-corrected chi connectivity index (χ3v) is 1.83. The molecule has 0 aliphatic carbocycles. The van der Waals surface area contributed by atoms with Crippen molar-refractivity contribution < 1.29 is 13.9 Å². The highest BCUT2D eigenvalue weighted by molar-refractivity contribution is 4.82. The largest absolute Gasteiger partial charge is 0.385 e. The Hall–Kier alpha value is -0.220. The second-order valence-electron chi connectivity index (χ2n) is 2.64. The maximum absolute atomic E-state index is 12.7. The highest BCUT2D eigenvalue weighted by Crippen LogP contribution is 2.24. The predicted molar refractivity (Wildman–Crippen MR) is 39.8 cm³/mol. The van der Waals surface area contributed by atoms with E-state index in [1.165, 1.54) is 13.8 Å². The number of aliphatic hydroxyl groups excluding tert-OH is 1. The molecule has 0 radical (unpaired) electrons. The van der Waals surface area contributed by atoms with Crippen LogP contribution in [0.15, 0.2) is 0 Å². The summed E-state index contributed by atoms with van der Waals surface area (Å²) in [6.07, 6.45) is -1.93. The van der Waals surface area contributed by atoms with E-state index in [1.807, 2.05) is 0 Å². The van der Waals surface area contributed by atoms with E-state index < -0.39 is 18.1 Å². The second-order valence-corrected chi connectivity index (χ2v) is 2.64. The van der Waals surface area contributed by atoms with Gasteiger partial charge in [-0.05, 0) is 14.0 Å². The molecule has 0 spiro atoms. The summed E-state index contributed by atoms with van der Waals surface area (Å²) in [5, 5.41) is 11.6. The van der Waals surface area contributed by atoms with Crippen LogP contribution in [0.25, 0.3) is 0 Å². The first-order valence-electron chi connectivity index (χ1n) is 3.68. The molecule has 0 bridgehead atoms. The van der Waals surface area contributed by atoms with Gasteiger partial charge in [-0.1, -0.05) is 6.92 Å². The molecule has 2 N–H and O–H groups in total. The lowest BCUT2D eigenvalue weighted by Gasteiger charge is -2.25. The Kier molecular flexibility index (Phi) is 3.89. The molecule has 4 heteroatoms. The molecular weight excluding hydrogens is 152 g/mol. The van der Waals surface area contributed by atoms with E-state index >= 15 is 0 Å². The molecule has 0 saturated heterocycles. The van der Waals surface area contributed by atoms with Crippen LogP contribution in [0.3, 0.4) is 0 Å². The van der Waals surface area contributed by atoms with E-state index in [0.29, 0.717) is 0 Å². The quantitative estimate of drug-likeness (QED) is 0.654. The fourth-order valence-corrected chi connectivity index (χ4v) is 0.733. The van der Waals surface area contributed by atoms with Crippen LogP contribution in [0.2, 0.25) is 0 Å². The van der Waals surface area contributed by atoms with E-state index in [4.69, 9.17) is 5.11 Å². The van der Waals surface area contributed by atoms with E-state index in [-0.39, 0.29) is 6.42 Å². The number of nitrogens with one attached hydrogen (secondary N) is 1. The fourth-order valence-electron chi connectivity index (χ4n) is 0.733. The Bertz CT molecular complexity index is 119. The van der Waals surface area contributed by atoms with Crippen LogP contribution in [-0.2, 0) is 0 Å². The second kappa shape index (κ2) is 3.97. The van der Waals surface area contributed by atoms with Crippen molar-refractivity contribution >= 4 is 0 Å². The predicted octanol–water partition coefficient (Wildman–Crippen LogP) is 1.00. The molecular formula is C7H15F2NO. The molecule has 2 atom stereocenters. The van der Waals surface area contributed by atoms with Gasteiger partial charge in [-0.25, -0.2) is 8.78 Å². The zero-order valence-electron chi connectivity index (χ0n) is 7.06. The Morgan fingerprint density at radius 2 is 2.00 bits per heavy atom. The van der Waals surface area contributed by atoms with Gasteiger partial charge >= 0.3 is 0 Å². The summed E-state index contributed by atoms with van der Waals surface area (Å²) >= 11 is 0. The smallest absolute Gasteiger partial charge is 0.274 e. The minimum Gasteiger partial charge on any atom is -0.385 e. The number of alkyl halides is 2. The minimum absolute atomic E-state index is 0.333. The topological polar surface area (TPSA) is 32.3 Å². The molecule has 0 heterocycles. The summed E-state index contributed by atoms with van der Waals surface area (Å²) in [6, 6.07) is -0.579. The van der Waals surface area contributed by atoms with Crippen LogP contribution in [0, 0.1) is 0 Å². The maximum atomic E-state index is 12.7. The molecule has 2 nitrogen and oxygen atoms in total. The molecule has 0 aliphatic heterocycles. The van der Waals surface area contributed by atoms with E-state index in [1.54, 1.807) is 7.05 Å². The molecule has 0 amide bonds. The van der Waals surface area contributed by atoms with Crippen molar-refractivity contribution in [3.05, 3.63) is 0 Å². The van der Waals surface area contributed by atoms with Crippen molar-refractivity contribution in [1.29, 1.82) is 0 Å². The third-order valence-electron chi connectivity index (χ3n) is 1.83. The van der Waals surface area contributed by atoms with Gasteiger partial charge in [0.1, 0.15) is 6.10 Å². The Morgan fingerprint density at radius 1 is 1.55 bits per heavy atom. The minimum atomic E-state index is -2.98. The van der Waals surface area contributed by atoms with Gasteiger partial charge in [0.25, 0.3) is 5.92 Å². The first kappa shape index (κ1) is 10.8. The number of rotatable bonds is 4. The van der Waals surface area contributed by atoms with Crippen LogP contribution in [0.1, 0.15) is 20.3 Å². The average Bonchev–Trinajstić information content (AvgIpc) is 2.01. The first-order valence-corrected chi connectivity index (χ1v) is 3.68. The third kappa shape index (κ3) is 2.71. The summed E-state index contributed by atoms with van der Waals surface area (Å²) in [5.74, 6) is -2.98. The highest BCUT2D eigenvalue weighted by atomic mass is 19.3. The Labute approximate surface area is 65.6 Å². The van der Waals surface area contributed by atoms with Gasteiger partial charge in [-0.3, -0.25) is 0 Å². The Morgan fingerprint density at radius 3 is 2.27 bits per heavy atom. The normalized spacial score (nSPS) is 18.0. The summed E-state index contributed by atoms with van der Waals surface area (Å²) in [5.41, 5.74) is 0. The number of halogens is 2. The number of hydrogen-bond donors (Lipinski definition) is 2. The molecule has 0 aromatic heterocycles. The summed E-state index contributed by atoms with van der Waals surface area (Å²) < 4.78 is 25.4. The van der Waals surface area contributed by atoms with E-state index in [9.17, 15) is 8.78 Å². The van der Waals surface area contributed by atoms with Crippen LogP contribution in [0.5, 0.6) is 0 Å². The van der Waals surface area contributed by atoms with Crippen molar-refractivity contribution in [2.45, 2.75) is 38.3 Å². The lowest BCUT2D eigenvalue weighted by Crippen LogP contribution is -2.46. The standard InChI is InChI=1S/C7H15F2NO/c1-4-7(8,9)6(11)5(2)10-3/h5-6,10-11H,4H2,1-3H3. The van der Waals surface area contributed by atoms with E-state index in [0.717, 1.165) is 0 Å². The maximum Gasteiger partial charge on any atom is 0.274 e. The molecule has 0 aromatic carbocycles. The van der Waals surface area contributed by atoms with Gasteiger partial charge in [-0.15, -0.1) is 0 Å². The van der Waals surface area contributed by atoms with Crippen molar-refractivity contribution in [3.8, 4) is 0 Å². The molecule has 2 unspecified atom stereocenters. The SMILES string of the molecule is CCC(F)(F)C(O)C(C)NC. The first-order chi connectivity index (χ1) is 4.95. The van der Waals surface area contributed by atoms with Crippen LogP contribution in [0.4, 0.5) is 8.78 Å². The number of likely N-dealkylation sites (N-methyl/N-ethyl adjacent to an activating group) is 1. The fraction of sp³-hybridized carbons (Fsp3) is 1.00. The molecule has 0 aromatic rings. The molecule has 0 rings (SSSR count). The lowest BCUT2D eigenvalue weighted by atomic mass is 10.0. The van der Waals surface area contributed by atoms with Crippen molar-refractivity contribution in [3.63, 3.8) is 0 Å². The van der Waals surface area contributed by atoms with Gasteiger partial charge < -0.3 is 10.4 Å². The Balaban J connectivity index is 4.10. The van der Waals surface area contributed by atoms with Crippen molar-refractivity contribution in [2.75, 3.05) is 7.05 Å². The zero-order valence-corrected chi connectivity index (χ0v) is 7.06. The van der Waals surface area contributed by atoms with Gasteiger partial charge in [0.05, 0.1) is 0 Å².